The van der Waals surface area contributed by atoms with Crippen LogP contribution in [0.5, 0.6) is 0 Å². The topological polar surface area (TPSA) is 57.5 Å². The first-order valence-electron chi connectivity index (χ1n) is 2.90. The Hall–Kier alpha value is -0.370. The van der Waals surface area contributed by atoms with Gasteiger partial charge in [-0.3, -0.25) is 4.57 Å². The molecule has 0 aliphatic carbocycles. The summed E-state index contributed by atoms with van der Waals surface area (Å²) < 4.78 is 10.5. The quantitative estimate of drug-likeness (QED) is 0.490. The van der Waals surface area contributed by atoms with Crippen molar-refractivity contribution in [1.82, 2.24) is 0 Å². The van der Waals surface area contributed by atoms with Crippen molar-refractivity contribution in [3.63, 3.8) is 0 Å². The van der Waals surface area contributed by atoms with Crippen LogP contribution in [0, 0.1) is 0 Å². The van der Waals surface area contributed by atoms with Gasteiger partial charge in [0.1, 0.15) is 0 Å². The molecule has 58 valence electrons. The van der Waals surface area contributed by atoms with Gasteiger partial charge in [0.2, 0.25) is 0 Å². The summed E-state index contributed by atoms with van der Waals surface area (Å²) in [4.78, 5) is 17.2. The number of hydrogen-bond donors (Lipinski definition) is 2. The van der Waals surface area contributed by atoms with E-state index in [1.54, 1.807) is 6.92 Å². The molecule has 0 rings (SSSR count). The zero-order chi connectivity index (χ0) is 8.20. The molecule has 0 aromatic carbocycles. The number of hydrogen-bond acceptors (Lipinski definition) is 1. The van der Waals surface area contributed by atoms with Crippen LogP contribution in [0.25, 0.3) is 0 Å². The van der Waals surface area contributed by atoms with Crippen LogP contribution in [0.1, 0.15) is 13.3 Å². The van der Waals surface area contributed by atoms with Crippen LogP contribution in [0.3, 0.4) is 0 Å². The van der Waals surface area contributed by atoms with E-state index in [0.29, 0.717) is 6.42 Å². The smallest absolute Gasteiger partial charge is 0.321 e. The standard InChI is InChI=1S/C6H11O3P/c1-3-5-6(4-2)10(7,8)9/h3,5H,1,4H2,2H3,(H2,7,8,9)/b6-5+. The van der Waals surface area contributed by atoms with E-state index in [0.717, 1.165) is 0 Å². The molecule has 0 aliphatic rings. The first-order valence-corrected chi connectivity index (χ1v) is 4.51. The molecule has 0 saturated heterocycles. The highest BCUT2D eigenvalue weighted by Gasteiger charge is 2.17. The molecule has 10 heavy (non-hydrogen) atoms. The van der Waals surface area contributed by atoms with E-state index >= 15 is 0 Å². The lowest BCUT2D eigenvalue weighted by Gasteiger charge is -2.04. The number of rotatable bonds is 3. The van der Waals surface area contributed by atoms with Crippen LogP contribution in [0.15, 0.2) is 24.0 Å². The summed E-state index contributed by atoms with van der Waals surface area (Å²) in [5.41, 5.74) is 0. The first-order chi connectivity index (χ1) is 4.52. The van der Waals surface area contributed by atoms with Gasteiger partial charge in [-0.25, -0.2) is 0 Å². The minimum atomic E-state index is -4.00. The fourth-order valence-corrected chi connectivity index (χ4v) is 1.27. The van der Waals surface area contributed by atoms with Crippen molar-refractivity contribution in [2.24, 2.45) is 0 Å². The van der Waals surface area contributed by atoms with Crippen LogP contribution in [-0.2, 0) is 4.57 Å². The monoisotopic (exact) mass is 162 g/mol. The predicted octanol–water partition coefficient (Wildman–Crippen LogP) is 1.64. The lowest BCUT2D eigenvalue weighted by Crippen LogP contribution is -1.82. The average molecular weight is 162 g/mol. The Morgan fingerprint density at radius 2 is 2.20 bits per heavy atom. The second kappa shape index (κ2) is 3.71. The zero-order valence-corrected chi connectivity index (χ0v) is 6.71. The average Bonchev–Trinajstić information content (AvgIpc) is 1.80. The molecule has 0 radical (unpaired) electrons. The SMILES string of the molecule is C=C/C=C(\CC)P(=O)(O)O. The summed E-state index contributed by atoms with van der Waals surface area (Å²) in [7, 11) is -4.00. The second-order valence-corrected chi connectivity index (χ2v) is 3.45. The Balaban J connectivity index is 4.53. The van der Waals surface area contributed by atoms with E-state index in [1.165, 1.54) is 12.2 Å². The van der Waals surface area contributed by atoms with E-state index in [-0.39, 0.29) is 5.31 Å². The minimum Gasteiger partial charge on any atom is -0.321 e. The largest absolute Gasteiger partial charge is 0.352 e. The Labute approximate surface area is 60.2 Å². The molecule has 0 aromatic heterocycles. The fourth-order valence-electron chi connectivity index (χ4n) is 0.557. The van der Waals surface area contributed by atoms with E-state index in [2.05, 4.69) is 6.58 Å². The molecule has 0 unspecified atom stereocenters. The molecule has 4 heteroatoms. The van der Waals surface area contributed by atoms with Gasteiger partial charge in [-0.05, 0) is 6.42 Å². The van der Waals surface area contributed by atoms with Gasteiger partial charge in [-0.2, -0.15) is 0 Å². The minimum absolute atomic E-state index is 0.127. The molecular formula is C6H11O3P. The first kappa shape index (κ1) is 9.63. The predicted molar refractivity (Wildman–Crippen MR) is 40.6 cm³/mol. The van der Waals surface area contributed by atoms with Crippen LogP contribution in [-0.4, -0.2) is 9.79 Å². The summed E-state index contributed by atoms with van der Waals surface area (Å²) in [6.45, 7) is 5.03. The summed E-state index contributed by atoms with van der Waals surface area (Å²) >= 11 is 0. The van der Waals surface area contributed by atoms with Gasteiger partial charge >= 0.3 is 7.60 Å². The van der Waals surface area contributed by atoms with Crippen molar-refractivity contribution in [3.8, 4) is 0 Å². The van der Waals surface area contributed by atoms with Crippen LogP contribution in [0.2, 0.25) is 0 Å². The van der Waals surface area contributed by atoms with Gasteiger partial charge in [-0.15, -0.1) is 0 Å². The van der Waals surface area contributed by atoms with Gasteiger partial charge in [0, 0.05) is 5.31 Å². The molecule has 0 saturated carbocycles. The second-order valence-electron chi connectivity index (χ2n) is 1.79. The van der Waals surface area contributed by atoms with Crippen molar-refractivity contribution >= 4 is 7.60 Å². The Kier molecular flexibility index (Phi) is 3.58. The van der Waals surface area contributed by atoms with Crippen molar-refractivity contribution in [2.45, 2.75) is 13.3 Å². The molecule has 3 nitrogen and oxygen atoms in total. The zero-order valence-electron chi connectivity index (χ0n) is 5.82. The normalized spacial score (nSPS) is 13.3. The van der Waals surface area contributed by atoms with Crippen LogP contribution < -0.4 is 0 Å². The molecule has 2 N–H and O–H groups in total. The summed E-state index contributed by atoms with van der Waals surface area (Å²) in [5.74, 6) is 0. The van der Waals surface area contributed by atoms with Gasteiger partial charge < -0.3 is 9.79 Å². The van der Waals surface area contributed by atoms with Crippen molar-refractivity contribution in [2.75, 3.05) is 0 Å². The maximum Gasteiger partial charge on any atom is 0.352 e. The highest BCUT2D eigenvalue weighted by molar-refractivity contribution is 7.56. The summed E-state index contributed by atoms with van der Waals surface area (Å²) in [6, 6.07) is 0. The van der Waals surface area contributed by atoms with Crippen molar-refractivity contribution in [3.05, 3.63) is 24.0 Å². The third-order valence-electron chi connectivity index (χ3n) is 1.05. The highest BCUT2D eigenvalue weighted by Crippen LogP contribution is 2.46. The molecule has 0 heterocycles. The van der Waals surface area contributed by atoms with E-state index < -0.39 is 7.60 Å². The Bertz CT molecular complexity index is 189. The summed E-state index contributed by atoms with van der Waals surface area (Å²) in [5, 5.41) is 0.127. The lowest BCUT2D eigenvalue weighted by molar-refractivity contribution is 0.381. The lowest BCUT2D eigenvalue weighted by atomic mass is 10.4. The maximum atomic E-state index is 10.5. The molecule has 0 aromatic rings. The summed E-state index contributed by atoms with van der Waals surface area (Å²) in [6.07, 6.45) is 3.08. The third-order valence-corrected chi connectivity index (χ3v) is 2.26. The number of allylic oxidation sites excluding steroid dienone is 3. The molecule has 0 bridgehead atoms. The van der Waals surface area contributed by atoms with E-state index in [4.69, 9.17) is 9.79 Å². The fraction of sp³-hybridized carbons (Fsp3) is 0.333. The Morgan fingerprint density at radius 3 is 2.30 bits per heavy atom. The third kappa shape index (κ3) is 2.97. The van der Waals surface area contributed by atoms with Gasteiger partial charge in [-0.1, -0.05) is 25.7 Å². The van der Waals surface area contributed by atoms with Crippen LogP contribution >= 0.6 is 7.60 Å². The van der Waals surface area contributed by atoms with Crippen molar-refractivity contribution in [1.29, 1.82) is 0 Å². The molecule has 0 amide bonds. The van der Waals surface area contributed by atoms with E-state index in [9.17, 15) is 4.57 Å². The molecule has 0 aliphatic heterocycles. The molecular weight excluding hydrogens is 151 g/mol. The molecule has 0 atom stereocenters. The van der Waals surface area contributed by atoms with Gasteiger partial charge in [0.15, 0.2) is 0 Å². The van der Waals surface area contributed by atoms with Gasteiger partial charge in [0.25, 0.3) is 0 Å². The molecule has 0 fully saturated rings. The van der Waals surface area contributed by atoms with E-state index in [1.807, 2.05) is 0 Å². The van der Waals surface area contributed by atoms with Crippen LogP contribution in [0.4, 0.5) is 0 Å². The molecule has 0 spiro atoms. The maximum absolute atomic E-state index is 10.5. The van der Waals surface area contributed by atoms with Gasteiger partial charge in [0.05, 0.1) is 0 Å². The van der Waals surface area contributed by atoms with Crippen molar-refractivity contribution < 1.29 is 14.4 Å². The Morgan fingerprint density at radius 1 is 1.70 bits per heavy atom. The highest BCUT2D eigenvalue weighted by atomic mass is 31.2.